The minimum absolute atomic E-state index is 0.766. The van der Waals surface area contributed by atoms with Gasteiger partial charge >= 0.3 is 0 Å². The Morgan fingerprint density at radius 2 is 2.31 bits per heavy atom. The molecule has 2 nitrogen and oxygen atoms in total. The van der Waals surface area contributed by atoms with Crippen molar-refractivity contribution in [2.75, 3.05) is 25.1 Å². The lowest BCUT2D eigenvalue weighted by Crippen LogP contribution is -2.13. The van der Waals surface area contributed by atoms with E-state index in [0.717, 1.165) is 36.3 Å². The summed E-state index contributed by atoms with van der Waals surface area (Å²) in [5.41, 5.74) is 3.75. The highest BCUT2D eigenvalue weighted by atomic mass is 79.9. The van der Waals surface area contributed by atoms with Crippen LogP contribution >= 0.6 is 15.9 Å². The Balaban J connectivity index is 1.94. The Hall–Kier alpha value is -0.800. The van der Waals surface area contributed by atoms with Gasteiger partial charge in [0.2, 0.25) is 0 Å². The molecular formula is C13H16BrNO. The van der Waals surface area contributed by atoms with E-state index in [2.05, 4.69) is 52.4 Å². The molecular weight excluding hydrogens is 266 g/mol. The first-order valence-corrected chi connectivity index (χ1v) is 6.30. The first-order valence-electron chi connectivity index (χ1n) is 5.51. The average Bonchev–Trinajstić information content (AvgIpc) is 2.32. The van der Waals surface area contributed by atoms with Gasteiger partial charge in [0.1, 0.15) is 0 Å². The molecule has 86 valence electrons. The van der Waals surface area contributed by atoms with E-state index in [0.29, 0.717) is 0 Å². The van der Waals surface area contributed by atoms with Gasteiger partial charge in [0.15, 0.2) is 0 Å². The predicted molar refractivity (Wildman–Crippen MR) is 70.9 cm³/mol. The van der Waals surface area contributed by atoms with E-state index in [1.54, 1.807) is 0 Å². The molecule has 0 atom stereocenters. The number of hydrogen-bond acceptors (Lipinski definition) is 2. The topological polar surface area (TPSA) is 21.3 Å². The number of benzene rings is 1. The Labute approximate surface area is 105 Å². The summed E-state index contributed by atoms with van der Waals surface area (Å²) in [5.74, 6) is 0. The fourth-order valence-corrected chi connectivity index (χ4v) is 1.95. The largest absolute Gasteiger partial charge is 0.381 e. The van der Waals surface area contributed by atoms with Gasteiger partial charge in [-0.05, 0) is 42.7 Å². The van der Waals surface area contributed by atoms with Crippen molar-refractivity contribution >= 4 is 21.6 Å². The van der Waals surface area contributed by atoms with Crippen LogP contribution in [0, 0.1) is 6.92 Å². The molecule has 0 amide bonds. The highest BCUT2D eigenvalue weighted by Crippen LogP contribution is 2.20. The van der Waals surface area contributed by atoms with Crippen LogP contribution in [-0.2, 0) is 4.74 Å². The van der Waals surface area contributed by atoms with Gasteiger partial charge in [-0.3, -0.25) is 0 Å². The zero-order valence-electron chi connectivity index (χ0n) is 9.42. The van der Waals surface area contributed by atoms with Crippen molar-refractivity contribution in [1.82, 2.24) is 0 Å². The number of rotatable bonds is 3. The zero-order valence-corrected chi connectivity index (χ0v) is 11.0. The van der Waals surface area contributed by atoms with Crippen LogP contribution in [-0.4, -0.2) is 19.8 Å². The van der Waals surface area contributed by atoms with E-state index in [1.165, 1.54) is 11.1 Å². The summed E-state index contributed by atoms with van der Waals surface area (Å²) in [4.78, 5) is 0. The van der Waals surface area contributed by atoms with Crippen molar-refractivity contribution in [3.8, 4) is 0 Å². The summed E-state index contributed by atoms with van der Waals surface area (Å²) in [7, 11) is 0. The summed E-state index contributed by atoms with van der Waals surface area (Å²) in [6.07, 6.45) is 3.30. The normalized spacial score (nSPS) is 15.8. The third-order valence-corrected chi connectivity index (χ3v) is 3.55. The number of ether oxygens (including phenoxy) is 1. The number of hydrogen-bond donors (Lipinski definition) is 1. The molecule has 1 N–H and O–H groups in total. The summed E-state index contributed by atoms with van der Waals surface area (Å²) in [6, 6.07) is 6.30. The molecule has 0 spiro atoms. The molecule has 0 bridgehead atoms. The molecule has 0 unspecified atom stereocenters. The second kappa shape index (κ2) is 5.51. The summed E-state index contributed by atoms with van der Waals surface area (Å²) < 4.78 is 6.55. The molecule has 1 aromatic carbocycles. The van der Waals surface area contributed by atoms with Crippen LogP contribution in [0.4, 0.5) is 5.69 Å². The Bertz CT molecular complexity index is 401. The minimum Gasteiger partial charge on any atom is -0.381 e. The quantitative estimate of drug-likeness (QED) is 0.856. The Morgan fingerprint density at radius 1 is 1.44 bits per heavy atom. The van der Waals surface area contributed by atoms with Gasteiger partial charge in [0.05, 0.1) is 13.2 Å². The highest BCUT2D eigenvalue weighted by Gasteiger charge is 2.03. The van der Waals surface area contributed by atoms with Crippen LogP contribution < -0.4 is 5.32 Å². The van der Waals surface area contributed by atoms with Gasteiger partial charge in [-0.1, -0.05) is 22.0 Å². The Morgan fingerprint density at radius 3 is 3.00 bits per heavy atom. The third-order valence-electron chi connectivity index (χ3n) is 2.66. The van der Waals surface area contributed by atoms with Gasteiger partial charge in [-0.15, -0.1) is 0 Å². The summed E-state index contributed by atoms with van der Waals surface area (Å²) in [6.45, 7) is 4.60. The SMILES string of the molecule is Cc1cc(NCC2=CCCOC2)ccc1Br. The lowest BCUT2D eigenvalue weighted by Gasteiger charge is -2.15. The van der Waals surface area contributed by atoms with Crippen molar-refractivity contribution in [1.29, 1.82) is 0 Å². The number of halogens is 1. The minimum atomic E-state index is 0.766. The van der Waals surface area contributed by atoms with E-state index in [4.69, 9.17) is 4.74 Å². The first-order chi connectivity index (χ1) is 7.75. The maximum atomic E-state index is 5.40. The van der Waals surface area contributed by atoms with Crippen LogP contribution in [0.25, 0.3) is 0 Å². The van der Waals surface area contributed by atoms with Crippen molar-refractivity contribution in [3.05, 3.63) is 39.9 Å². The van der Waals surface area contributed by atoms with E-state index < -0.39 is 0 Å². The highest BCUT2D eigenvalue weighted by molar-refractivity contribution is 9.10. The van der Waals surface area contributed by atoms with Gasteiger partial charge in [0, 0.05) is 16.7 Å². The van der Waals surface area contributed by atoms with Gasteiger partial charge in [0.25, 0.3) is 0 Å². The van der Waals surface area contributed by atoms with Crippen LogP contribution in [0.2, 0.25) is 0 Å². The molecule has 1 aromatic rings. The molecule has 0 saturated heterocycles. The molecule has 16 heavy (non-hydrogen) atoms. The molecule has 0 aliphatic carbocycles. The first kappa shape index (κ1) is 11.7. The fraction of sp³-hybridized carbons (Fsp3) is 0.385. The van der Waals surface area contributed by atoms with E-state index >= 15 is 0 Å². The van der Waals surface area contributed by atoms with Crippen LogP contribution in [0.3, 0.4) is 0 Å². The van der Waals surface area contributed by atoms with Crippen molar-refractivity contribution < 1.29 is 4.74 Å². The standard InChI is InChI=1S/C13H16BrNO/c1-10-7-12(4-5-13(10)14)15-8-11-3-2-6-16-9-11/h3-5,7,15H,2,6,8-9H2,1H3. The van der Waals surface area contributed by atoms with E-state index in [1.807, 2.05) is 0 Å². The van der Waals surface area contributed by atoms with Crippen LogP contribution in [0.15, 0.2) is 34.3 Å². The number of aryl methyl sites for hydroxylation is 1. The second-order valence-corrected chi connectivity index (χ2v) is 4.88. The van der Waals surface area contributed by atoms with Gasteiger partial charge < -0.3 is 10.1 Å². The molecule has 0 saturated carbocycles. The third kappa shape index (κ3) is 3.09. The van der Waals surface area contributed by atoms with E-state index in [-0.39, 0.29) is 0 Å². The molecule has 0 radical (unpaired) electrons. The second-order valence-electron chi connectivity index (χ2n) is 4.02. The predicted octanol–water partition coefficient (Wildman–Crippen LogP) is 3.52. The number of anilines is 1. The van der Waals surface area contributed by atoms with Gasteiger partial charge in [-0.25, -0.2) is 0 Å². The van der Waals surface area contributed by atoms with Crippen LogP contribution in [0.1, 0.15) is 12.0 Å². The maximum absolute atomic E-state index is 5.40. The average molecular weight is 282 g/mol. The van der Waals surface area contributed by atoms with E-state index in [9.17, 15) is 0 Å². The number of nitrogens with one attached hydrogen (secondary N) is 1. The fourth-order valence-electron chi connectivity index (χ4n) is 1.70. The maximum Gasteiger partial charge on any atom is 0.0693 e. The van der Waals surface area contributed by atoms with Crippen molar-refractivity contribution in [2.24, 2.45) is 0 Å². The molecule has 0 fully saturated rings. The molecule has 1 heterocycles. The van der Waals surface area contributed by atoms with Crippen molar-refractivity contribution in [2.45, 2.75) is 13.3 Å². The van der Waals surface area contributed by atoms with Crippen molar-refractivity contribution in [3.63, 3.8) is 0 Å². The lowest BCUT2D eigenvalue weighted by molar-refractivity contribution is 0.150. The van der Waals surface area contributed by atoms with Crippen LogP contribution in [0.5, 0.6) is 0 Å². The molecule has 1 aliphatic heterocycles. The Kier molecular flexibility index (Phi) is 4.02. The smallest absolute Gasteiger partial charge is 0.0693 e. The molecule has 0 aromatic heterocycles. The zero-order chi connectivity index (χ0) is 11.4. The monoisotopic (exact) mass is 281 g/mol. The molecule has 3 heteroatoms. The summed E-state index contributed by atoms with van der Waals surface area (Å²) >= 11 is 3.50. The lowest BCUT2D eigenvalue weighted by atomic mass is 10.2. The molecule has 2 rings (SSSR count). The summed E-state index contributed by atoms with van der Waals surface area (Å²) in [5, 5.41) is 3.41. The van der Waals surface area contributed by atoms with Gasteiger partial charge in [-0.2, -0.15) is 0 Å². The molecule has 1 aliphatic rings.